The van der Waals surface area contributed by atoms with Gasteiger partial charge >= 0.3 is 0 Å². The van der Waals surface area contributed by atoms with Gasteiger partial charge in [0.15, 0.2) is 0 Å². The SMILES string of the molecule is Cc1ccc(C(C)Nc2nccc(C)c2N)s1. The van der Waals surface area contributed by atoms with E-state index in [9.17, 15) is 0 Å². The maximum atomic E-state index is 5.99. The molecule has 2 heterocycles. The van der Waals surface area contributed by atoms with Crippen molar-refractivity contribution in [3.05, 3.63) is 39.7 Å². The average Bonchev–Trinajstić information content (AvgIpc) is 2.72. The molecule has 0 bridgehead atoms. The van der Waals surface area contributed by atoms with Crippen LogP contribution < -0.4 is 11.1 Å². The van der Waals surface area contributed by atoms with Gasteiger partial charge in [0.25, 0.3) is 0 Å². The number of aryl methyl sites for hydroxylation is 2. The van der Waals surface area contributed by atoms with Crippen LogP contribution in [0.5, 0.6) is 0 Å². The van der Waals surface area contributed by atoms with E-state index < -0.39 is 0 Å². The van der Waals surface area contributed by atoms with Crippen molar-refractivity contribution < 1.29 is 0 Å². The Labute approximate surface area is 106 Å². The van der Waals surface area contributed by atoms with Crippen molar-refractivity contribution in [2.24, 2.45) is 0 Å². The fraction of sp³-hybridized carbons (Fsp3) is 0.308. The zero-order valence-electron chi connectivity index (χ0n) is 10.3. The van der Waals surface area contributed by atoms with E-state index in [0.717, 1.165) is 17.1 Å². The first kappa shape index (κ1) is 11.9. The van der Waals surface area contributed by atoms with Crippen molar-refractivity contribution >= 4 is 22.8 Å². The van der Waals surface area contributed by atoms with Crippen molar-refractivity contribution in [1.29, 1.82) is 0 Å². The molecule has 17 heavy (non-hydrogen) atoms. The number of nitrogens with two attached hydrogens (primary N) is 1. The molecule has 2 rings (SSSR count). The summed E-state index contributed by atoms with van der Waals surface area (Å²) >= 11 is 1.79. The number of pyridine rings is 1. The number of nitrogens with one attached hydrogen (secondary N) is 1. The van der Waals surface area contributed by atoms with Crippen LogP contribution in [0.2, 0.25) is 0 Å². The number of hydrogen-bond acceptors (Lipinski definition) is 4. The molecule has 0 aliphatic heterocycles. The summed E-state index contributed by atoms with van der Waals surface area (Å²) in [6.07, 6.45) is 1.78. The highest BCUT2D eigenvalue weighted by molar-refractivity contribution is 7.12. The topological polar surface area (TPSA) is 50.9 Å². The van der Waals surface area contributed by atoms with Crippen LogP contribution in [-0.4, -0.2) is 4.98 Å². The minimum absolute atomic E-state index is 0.227. The van der Waals surface area contributed by atoms with Crippen LogP contribution in [-0.2, 0) is 0 Å². The summed E-state index contributed by atoms with van der Waals surface area (Å²) in [4.78, 5) is 6.89. The molecule has 0 aliphatic rings. The molecule has 90 valence electrons. The molecule has 4 heteroatoms. The fourth-order valence-electron chi connectivity index (χ4n) is 1.65. The highest BCUT2D eigenvalue weighted by atomic mass is 32.1. The smallest absolute Gasteiger partial charge is 0.149 e. The van der Waals surface area contributed by atoms with Crippen molar-refractivity contribution in [2.45, 2.75) is 26.8 Å². The van der Waals surface area contributed by atoms with Crippen LogP contribution in [0.4, 0.5) is 11.5 Å². The van der Waals surface area contributed by atoms with Crippen LogP contribution in [0.1, 0.15) is 28.3 Å². The van der Waals surface area contributed by atoms with Gasteiger partial charge < -0.3 is 11.1 Å². The van der Waals surface area contributed by atoms with Crippen LogP contribution in [0.3, 0.4) is 0 Å². The molecule has 0 saturated carbocycles. The molecule has 1 atom stereocenters. The number of nitrogen functional groups attached to an aromatic ring is 1. The number of thiophene rings is 1. The molecule has 0 radical (unpaired) electrons. The van der Waals surface area contributed by atoms with Crippen LogP contribution in [0, 0.1) is 13.8 Å². The minimum atomic E-state index is 0.227. The molecule has 0 saturated heterocycles. The summed E-state index contributed by atoms with van der Waals surface area (Å²) in [5.74, 6) is 0.767. The molecular weight excluding hydrogens is 230 g/mol. The van der Waals surface area contributed by atoms with Crippen molar-refractivity contribution in [2.75, 3.05) is 11.1 Å². The standard InChI is InChI=1S/C13H17N3S/c1-8-6-7-15-13(12(8)14)16-10(3)11-5-4-9(2)17-11/h4-7,10H,14H2,1-3H3,(H,15,16). The molecule has 0 spiro atoms. The van der Waals surface area contributed by atoms with E-state index in [1.807, 2.05) is 13.0 Å². The molecular formula is C13H17N3S. The van der Waals surface area contributed by atoms with E-state index >= 15 is 0 Å². The first-order chi connectivity index (χ1) is 8.08. The Balaban J connectivity index is 2.18. The van der Waals surface area contributed by atoms with E-state index in [1.54, 1.807) is 17.5 Å². The summed E-state index contributed by atoms with van der Waals surface area (Å²) < 4.78 is 0. The van der Waals surface area contributed by atoms with Gasteiger partial charge in [-0.3, -0.25) is 0 Å². The van der Waals surface area contributed by atoms with Crippen molar-refractivity contribution in [1.82, 2.24) is 4.98 Å². The summed E-state index contributed by atoms with van der Waals surface area (Å²) in [7, 11) is 0. The third-order valence-electron chi connectivity index (χ3n) is 2.75. The van der Waals surface area contributed by atoms with E-state index in [2.05, 4.69) is 36.3 Å². The first-order valence-electron chi connectivity index (χ1n) is 5.62. The summed E-state index contributed by atoms with van der Waals surface area (Å²) in [6, 6.07) is 6.42. The van der Waals surface area contributed by atoms with Gasteiger partial charge in [-0.15, -0.1) is 11.3 Å². The van der Waals surface area contributed by atoms with Gasteiger partial charge in [-0.05, 0) is 44.5 Å². The number of rotatable bonds is 3. The van der Waals surface area contributed by atoms with Crippen LogP contribution in [0.25, 0.3) is 0 Å². The zero-order valence-corrected chi connectivity index (χ0v) is 11.1. The van der Waals surface area contributed by atoms with E-state index in [1.165, 1.54) is 9.75 Å². The lowest BCUT2D eigenvalue weighted by molar-refractivity contribution is 0.897. The Bertz CT molecular complexity index is 519. The Morgan fingerprint density at radius 1 is 1.29 bits per heavy atom. The van der Waals surface area contributed by atoms with Crippen molar-refractivity contribution in [3.8, 4) is 0 Å². The van der Waals surface area contributed by atoms with E-state index in [0.29, 0.717) is 0 Å². The Morgan fingerprint density at radius 2 is 2.06 bits per heavy atom. The largest absolute Gasteiger partial charge is 0.396 e. The monoisotopic (exact) mass is 247 g/mol. The van der Waals surface area contributed by atoms with Gasteiger partial charge in [-0.25, -0.2) is 4.98 Å². The summed E-state index contributed by atoms with van der Waals surface area (Å²) in [6.45, 7) is 6.22. The number of hydrogen-bond donors (Lipinski definition) is 2. The number of anilines is 2. The molecule has 3 nitrogen and oxygen atoms in total. The molecule has 0 aromatic carbocycles. The Kier molecular flexibility index (Phi) is 3.33. The van der Waals surface area contributed by atoms with Gasteiger partial charge in [0.2, 0.25) is 0 Å². The molecule has 0 aliphatic carbocycles. The second-order valence-corrected chi connectivity index (χ2v) is 5.52. The summed E-state index contributed by atoms with van der Waals surface area (Å²) in [5.41, 5.74) is 7.77. The lowest BCUT2D eigenvalue weighted by atomic mass is 10.2. The van der Waals surface area contributed by atoms with Gasteiger partial charge in [-0.2, -0.15) is 0 Å². The molecule has 1 unspecified atom stereocenters. The average molecular weight is 247 g/mol. The predicted molar refractivity (Wildman–Crippen MR) is 74.5 cm³/mol. The van der Waals surface area contributed by atoms with Crippen LogP contribution in [0.15, 0.2) is 24.4 Å². The lowest BCUT2D eigenvalue weighted by Gasteiger charge is -2.15. The van der Waals surface area contributed by atoms with Gasteiger partial charge in [0.1, 0.15) is 5.82 Å². The van der Waals surface area contributed by atoms with Gasteiger partial charge in [0, 0.05) is 16.0 Å². The van der Waals surface area contributed by atoms with Crippen molar-refractivity contribution in [3.63, 3.8) is 0 Å². The first-order valence-corrected chi connectivity index (χ1v) is 6.43. The molecule has 3 N–H and O–H groups in total. The lowest BCUT2D eigenvalue weighted by Crippen LogP contribution is -2.09. The molecule has 0 fully saturated rings. The third-order valence-corrected chi connectivity index (χ3v) is 3.93. The normalized spacial score (nSPS) is 12.4. The predicted octanol–water partition coefficient (Wildman–Crippen LogP) is 3.52. The summed E-state index contributed by atoms with van der Waals surface area (Å²) in [5, 5.41) is 3.35. The minimum Gasteiger partial charge on any atom is -0.396 e. The van der Waals surface area contributed by atoms with E-state index in [4.69, 9.17) is 5.73 Å². The molecule has 2 aromatic heterocycles. The maximum Gasteiger partial charge on any atom is 0.149 e. The highest BCUT2D eigenvalue weighted by Crippen LogP contribution is 2.27. The maximum absolute atomic E-state index is 5.99. The quantitative estimate of drug-likeness (QED) is 0.872. The second-order valence-electron chi connectivity index (χ2n) is 4.20. The van der Waals surface area contributed by atoms with Crippen LogP contribution >= 0.6 is 11.3 Å². The van der Waals surface area contributed by atoms with Gasteiger partial charge in [0.05, 0.1) is 11.7 Å². The molecule has 0 amide bonds. The second kappa shape index (κ2) is 4.75. The fourth-order valence-corrected chi connectivity index (χ4v) is 2.53. The van der Waals surface area contributed by atoms with E-state index in [-0.39, 0.29) is 6.04 Å². The number of nitrogens with zero attached hydrogens (tertiary/aromatic N) is 1. The number of aromatic nitrogens is 1. The Hall–Kier alpha value is -1.55. The molecule has 2 aromatic rings. The zero-order chi connectivity index (χ0) is 12.4. The third kappa shape index (κ3) is 2.58. The van der Waals surface area contributed by atoms with Gasteiger partial charge in [-0.1, -0.05) is 0 Å². The Morgan fingerprint density at radius 3 is 2.71 bits per heavy atom. The highest BCUT2D eigenvalue weighted by Gasteiger charge is 2.10.